The first-order valence-corrected chi connectivity index (χ1v) is 13.8. The van der Waals surface area contributed by atoms with Crippen LogP contribution in [0.1, 0.15) is 44.7 Å². The van der Waals surface area contributed by atoms with Crippen LogP contribution in [0.3, 0.4) is 0 Å². The SMILES string of the molecule is CC(C)(C)OC(=O)[C@H]1CCCN1Cc1ccc2c(Nc3ccc4c(cnn4Cc4ccccc4)c3)ncnc2c1. The van der Waals surface area contributed by atoms with E-state index in [0.29, 0.717) is 6.54 Å². The molecule has 5 aromatic rings. The Labute approximate surface area is 234 Å². The highest BCUT2D eigenvalue weighted by Crippen LogP contribution is 2.28. The first kappa shape index (κ1) is 26.0. The lowest BCUT2D eigenvalue weighted by Crippen LogP contribution is -2.40. The zero-order valence-electron chi connectivity index (χ0n) is 23.2. The zero-order chi connectivity index (χ0) is 27.7. The summed E-state index contributed by atoms with van der Waals surface area (Å²) in [5.74, 6) is 0.613. The third kappa shape index (κ3) is 5.67. The number of benzene rings is 3. The van der Waals surface area contributed by atoms with Gasteiger partial charge in [0.15, 0.2) is 0 Å². The van der Waals surface area contributed by atoms with Crippen LogP contribution in [0.2, 0.25) is 0 Å². The minimum atomic E-state index is -0.484. The first-order valence-electron chi connectivity index (χ1n) is 13.8. The zero-order valence-corrected chi connectivity index (χ0v) is 23.2. The lowest BCUT2D eigenvalue weighted by atomic mass is 10.1. The van der Waals surface area contributed by atoms with E-state index in [2.05, 4.69) is 73.8 Å². The van der Waals surface area contributed by atoms with Gasteiger partial charge in [-0.1, -0.05) is 36.4 Å². The van der Waals surface area contributed by atoms with Gasteiger partial charge in [-0.05, 0) is 81.6 Å². The molecule has 0 radical (unpaired) electrons. The predicted molar refractivity (Wildman–Crippen MR) is 157 cm³/mol. The second kappa shape index (κ2) is 10.7. The van der Waals surface area contributed by atoms with Crippen LogP contribution in [0.25, 0.3) is 21.8 Å². The number of hydrogen-bond donors (Lipinski definition) is 1. The monoisotopic (exact) mass is 534 g/mol. The summed E-state index contributed by atoms with van der Waals surface area (Å²) in [7, 11) is 0. The molecular formula is C32H34N6O2. The number of nitrogens with one attached hydrogen (secondary N) is 1. The maximum atomic E-state index is 12.8. The van der Waals surface area contributed by atoms with E-state index in [0.717, 1.165) is 64.8 Å². The summed E-state index contributed by atoms with van der Waals surface area (Å²) in [6, 6.07) is 22.6. The molecule has 3 heterocycles. The number of anilines is 2. The highest BCUT2D eigenvalue weighted by Gasteiger charge is 2.34. The molecule has 0 bridgehead atoms. The van der Waals surface area contributed by atoms with Crippen molar-refractivity contribution in [3.8, 4) is 0 Å². The topological polar surface area (TPSA) is 85.2 Å². The molecule has 0 saturated carbocycles. The van der Waals surface area contributed by atoms with Crippen molar-refractivity contribution in [3.63, 3.8) is 0 Å². The van der Waals surface area contributed by atoms with Crippen LogP contribution in [-0.4, -0.2) is 48.8 Å². The highest BCUT2D eigenvalue weighted by atomic mass is 16.6. The molecule has 1 N–H and O–H groups in total. The minimum absolute atomic E-state index is 0.137. The van der Waals surface area contributed by atoms with E-state index in [1.165, 1.54) is 5.56 Å². The van der Waals surface area contributed by atoms with Gasteiger partial charge in [0.1, 0.15) is 23.8 Å². The summed E-state index contributed by atoms with van der Waals surface area (Å²) in [4.78, 5) is 24.0. The number of fused-ring (bicyclic) bond motifs is 2. The predicted octanol–water partition coefficient (Wildman–Crippen LogP) is 6.08. The summed E-state index contributed by atoms with van der Waals surface area (Å²) >= 11 is 0. The number of aromatic nitrogens is 4. The van der Waals surface area contributed by atoms with Crippen molar-refractivity contribution >= 4 is 39.3 Å². The molecule has 1 aliphatic rings. The number of ether oxygens (including phenoxy) is 1. The molecule has 2 aromatic heterocycles. The van der Waals surface area contributed by atoms with Gasteiger partial charge in [0.2, 0.25) is 0 Å². The standard InChI is InChI=1S/C32H34N6O2/c1-32(2,3)40-31(39)29-10-7-15-37(29)19-23-11-13-26-27(16-23)33-21-34-30(26)36-25-12-14-28-24(17-25)18-35-38(28)20-22-8-5-4-6-9-22/h4-6,8-9,11-14,16-18,21,29H,7,10,15,19-20H2,1-3H3,(H,33,34,36)/t29-/m1/s1. The summed E-state index contributed by atoms with van der Waals surface area (Å²) in [5, 5.41) is 10.1. The molecule has 1 atom stereocenters. The van der Waals surface area contributed by atoms with Crippen LogP contribution in [0.4, 0.5) is 11.5 Å². The van der Waals surface area contributed by atoms with E-state index in [1.54, 1.807) is 6.33 Å². The number of esters is 1. The van der Waals surface area contributed by atoms with Crippen molar-refractivity contribution in [1.82, 2.24) is 24.6 Å². The highest BCUT2D eigenvalue weighted by molar-refractivity contribution is 5.92. The number of nitrogens with zero attached hydrogens (tertiary/aromatic N) is 5. The average molecular weight is 535 g/mol. The number of hydrogen-bond acceptors (Lipinski definition) is 7. The Kier molecular flexibility index (Phi) is 6.94. The van der Waals surface area contributed by atoms with E-state index in [-0.39, 0.29) is 12.0 Å². The third-order valence-electron chi connectivity index (χ3n) is 7.21. The summed E-state index contributed by atoms with van der Waals surface area (Å²) in [5.41, 5.74) is 4.72. The van der Waals surface area contributed by atoms with E-state index in [4.69, 9.17) is 4.74 Å². The quantitative estimate of drug-likeness (QED) is 0.253. The largest absolute Gasteiger partial charge is 0.459 e. The molecule has 3 aromatic carbocycles. The molecular weight excluding hydrogens is 500 g/mol. The molecule has 0 amide bonds. The summed E-state index contributed by atoms with van der Waals surface area (Å²) < 4.78 is 7.69. The molecule has 1 fully saturated rings. The van der Waals surface area contributed by atoms with E-state index in [1.807, 2.05) is 49.8 Å². The van der Waals surface area contributed by atoms with Crippen LogP contribution in [-0.2, 0) is 22.6 Å². The van der Waals surface area contributed by atoms with E-state index < -0.39 is 5.60 Å². The van der Waals surface area contributed by atoms with Gasteiger partial charge in [-0.15, -0.1) is 0 Å². The van der Waals surface area contributed by atoms with Crippen LogP contribution in [0.5, 0.6) is 0 Å². The van der Waals surface area contributed by atoms with Crippen LogP contribution in [0, 0.1) is 0 Å². The van der Waals surface area contributed by atoms with Crippen LogP contribution < -0.4 is 5.32 Å². The third-order valence-corrected chi connectivity index (χ3v) is 7.21. The smallest absolute Gasteiger partial charge is 0.323 e. The summed E-state index contributed by atoms with van der Waals surface area (Å²) in [6.45, 7) is 8.02. The molecule has 6 rings (SSSR count). The van der Waals surface area contributed by atoms with Gasteiger partial charge >= 0.3 is 5.97 Å². The lowest BCUT2D eigenvalue weighted by molar-refractivity contribution is -0.160. The second-order valence-corrected chi connectivity index (χ2v) is 11.4. The van der Waals surface area contributed by atoms with Crippen molar-refractivity contribution in [2.75, 3.05) is 11.9 Å². The Hall–Kier alpha value is -4.30. The minimum Gasteiger partial charge on any atom is -0.459 e. The molecule has 0 spiro atoms. The van der Waals surface area contributed by atoms with Crippen molar-refractivity contribution in [1.29, 1.82) is 0 Å². The molecule has 0 aliphatic carbocycles. The molecule has 40 heavy (non-hydrogen) atoms. The average Bonchev–Trinajstić information content (AvgIpc) is 3.55. The van der Waals surface area contributed by atoms with Gasteiger partial charge in [-0.2, -0.15) is 5.10 Å². The van der Waals surface area contributed by atoms with Gasteiger partial charge < -0.3 is 10.1 Å². The molecule has 0 unspecified atom stereocenters. The molecule has 8 nitrogen and oxygen atoms in total. The maximum Gasteiger partial charge on any atom is 0.323 e. The van der Waals surface area contributed by atoms with Crippen LogP contribution >= 0.6 is 0 Å². The Morgan fingerprint density at radius 3 is 2.67 bits per heavy atom. The molecule has 1 saturated heterocycles. The van der Waals surface area contributed by atoms with Crippen molar-refractivity contribution in [3.05, 3.63) is 90.4 Å². The van der Waals surface area contributed by atoms with Gasteiger partial charge in [-0.3, -0.25) is 14.4 Å². The Morgan fingerprint density at radius 2 is 1.85 bits per heavy atom. The Morgan fingerprint density at radius 1 is 1.00 bits per heavy atom. The Balaban J connectivity index is 1.18. The van der Waals surface area contributed by atoms with Crippen LogP contribution in [0.15, 0.2) is 79.3 Å². The molecule has 8 heteroatoms. The van der Waals surface area contributed by atoms with Gasteiger partial charge in [0.25, 0.3) is 0 Å². The fraction of sp³-hybridized carbons (Fsp3) is 0.312. The van der Waals surface area contributed by atoms with Crippen molar-refractivity contribution in [2.45, 2.75) is 58.3 Å². The van der Waals surface area contributed by atoms with Crippen molar-refractivity contribution in [2.24, 2.45) is 0 Å². The number of likely N-dealkylation sites (tertiary alicyclic amines) is 1. The van der Waals surface area contributed by atoms with E-state index >= 15 is 0 Å². The van der Waals surface area contributed by atoms with Crippen molar-refractivity contribution < 1.29 is 9.53 Å². The normalized spacial score (nSPS) is 16.0. The van der Waals surface area contributed by atoms with Gasteiger partial charge in [-0.25, -0.2) is 9.97 Å². The number of rotatable bonds is 7. The fourth-order valence-corrected chi connectivity index (χ4v) is 5.37. The Bertz CT molecular complexity index is 1660. The lowest BCUT2D eigenvalue weighted by Gasteiger charge is -2.27. The second-order valence-electron chi connectivity index (χ2n) is 11.4. The van der Waals surface area contributed by atoms with Gasteiger partial charge in [0.05, 0.1) is 23.8 Å². The molecule has 1 aliphatic heterocycles. The van der Waals surface area contributed by atoms with Gasteiger partial charge in [0, 0.05) is 23.0 Å². The summed E-state index contributed by atoms with van der Waals surface area (Å²) in [6.07, 6.45) is 5.30. The first-order chi connectivity index (χ1) is 19.3. The number of carbonyl (C=O) groups excluding carboxylic acids is 1. The molecule has 204 valence electrons. The fourth-order valence-electron chi connectivity index (χ4n) is 5.37. The van der Waals surface area contributed by atoms with E-state index in [9.17, 15) is 4.79 Å². The maximum absolute atomic E-state index is 12.8. The number of carbonyl (C=O) groups is 1.